The average molecular weight is 1170 g/mol. The summed E-state index contributed by atoms with van der Waals surface area (Å²) in [5.74, 6) is -6.73. The van der Waals surface area contributed by atoms with Crippen molar-refractivity contribution in [3.05, 3.63) is 5.82 Å². The molecule has 3 amide bonds. The first-order chi connectivity index (χ1) is 39.0. The van der Waals surface area contributed by atoms with Crippen molar-refractivity contribution in [1.29, 1.82) is 0 Å². The van der Waals surface area contributed by atoms with E-state index in [-0.39, 0.29) is 139 Å². The molecule has 7 N–H and O–H groups in total. The van der Waals surface area contributed by atoms with Gasteiger partial charge in [0.15, 0.2) is 27.2 Å². The molecule has 0 aliphatic heterocycles. The number of carbonyl (C=O) groups excluding carboxylic acids is 7. The van der Waals surface area contributed by atoms with Crippen molar-refractivity contribution < 1.29 is 85.8 Å². The zero-order valence-electron chi connectivity index (χ0n) is 47.9. The number of aliphatic hydroxyl groups is 1. The monoisotopic (exact) mass is 1170 g/mol. The van der Waals surface area contributed by atoms with E-state index < -0.39 is 76.7 Å². The number of amides is 3. The molecule has 26 heteroatoms. The van der Waals surface area contributed by atoms with Gasteiger partial charge in [0.2, 0.25) is 17.7 Å². The van der Waals surface area contributed by atoms with Gasteiger partial charge in [0.25, 0.3) is 0 Å². The standard InChI is InChI=1S/C55H95N7O18S/c1-2-43(49(67)39-63)20-16-17-29-56-51(68)28-26-48(55(73)74)58-52(69)27-25-44(54(71)72)38-47(66)40-79-35-34-78-32-30-57-53(70)41-80-36-33-77-31-18-22-45(64)23-19-37-81(75,76)42-46(65)21-14-12-10-8-6-4-3-5-7-9-11-13-15-24-50-59-61-62-60-50/h43-44,48,63H,2-42H2,1H3,(H,56,68)(H,57,70)(H,58,69)(H,71,72)(H,73,74)(H,59,60,61,62)/t43-,44+,48-/m0/s1. The zero-order valence-corrected chi connectivity index (χ0v) is 48.8. The molecule has 1 rings (SSSR count). The number of aryl methyl sites for hydroxylation is 1. The fourth-order valence-electron chi connectivity index (χ4n) is 8.62. The van der Waals surface area contributed by atoms with Crippen molar-refractivity contribution in [2.75, 3.05) is 84.1 Å². The molecular weight excluding hydrogens is 1080 g/mol. The highest BCUT2D eigenvalue weighted by atomic mass is 32.2. The Bertz CT molecular complexity index is 2050. The summed E-state index contributed by atoms with van der Waals surface area (Å²) in [5.41, 5.74) is 0. The van der Waals surface area contributed by atoms with Gasteiger partial charge >= 0.3 is 11.9 Å². The molecule has 1 aromatic heterocycles. The second-order valence-electron chi connectivity index (χ2n) is 20.4. The Morgan fingerprint density at radius 1 is 0.543 bits per heavy atom. The first-order valence-electron chi connectivity index (χ1n) is 29.2. The summed E-state index contributed by atoms with van der Waals surface area (Å²) in [6.07, 6.45) is 17.7. The van der Waals surface area contributed by atoms with Crippen LogP contribution in [0.15, 0.2) is 0 Å². The second-order valence-corrected chi connectivity index (χ2v) is 22.6. The Hall–Kier alpha value is -5.15. The van der Waals surface area contributed by atoms with E-state index in [2.05, 4.69) is 36.6 Å². The second kappa shape index (κ2) is 48.4. The molecule has 0 aromatic carbocycles. The molecule has 464 valence electrons. The van der Waals surface area contributed by atoms with Crippen molar-refractivity contribution in [3.8, 4) is 0 Å². The summed E-state index contributed by atoms with van der Waals surface area (Å²) in [6, 6.07) is -1.40. The summed E-state index contributed by atoms with van der Waals surface area (Å²) < 4.78 is 46.3. The third kappa shape index (κ3) is 43.2. The van der Waals surface area contributed by atoms with Crippen LogP contribution in [0.25, 0.3) is 0 Å². The van der Waals surface area contributed by atoms with Crippen molar-refractivity contribution in [3.63, 3.8) is 0 Å². The van der Waals surface area contributed by atoms with Crippen molar-refractivity contribution in [2.45, 2.75) is 193 Å². The molecule has 81 heavy (non-hydrogen) atoms. The number of hydrogen-bond acceptors (Lipinski definition) is 19. The predicted octanol–water partition coefficient (Wildman–Crippen LogP) is 4.16. The van der Waals surface area contributed by atoms with Gasteiger partial charge < -0.3 is 50.2 Å². The quantitative estimate of drug-likeness (QED) is 0.0450. The largest absolute Gasteiger partial charge is 0.481 e. The molecule has 0 fully saturated rings. The minimum Gasteiger partial charge on any atom is -0.481 e. The van der Waals surface area contributed by atoms with Crippen LogP contribution in [0.4, 0.5) is 0 Å². The van der Waals surface area contributed by atoms with E-state index in [0.717, 1.165) is 37.9 Å². The minimum absolute atomic E-state index is 0.00247. The van der Waals surface area contributed by atoms with Crippen LogP contribution in [0, 0.1) is 11.8 Å². The van der Waals surface area contributed by atoms with E-state index in [1.807, 2.05) is 6.92 Å². The lowest BCUT2D eigenvalue weighted by atomic mass is 9.95. The smallest absolute Gasteiger partial charge is 0.326 e. The number of carbonyl (C=O) groups is 9. The first kappa shape index (κ1) is 73.9. The maximum Gasteiger partial charge on any atom is 0.326 e. The van der Waals surface area contributed by atoms with E-state index >= 15 is 0 Å². The molecule has 0 unspecified atom stereocenters. The molecule has 1 aromatic rings. The summed E-state index contributed by atoms with van der Waals surface area (Å²) in [4.78, 5) is 109. The Labute approximate surface area is 477 Å². The normalized spacial score (nSPS) is 12.6. The fourth-order valence-corrected chi connectivity index (χ4v) is 9.99. The number of aromatic nitrogens is 4. The van der Waals surface area contributed by atoms with E-state index in [4.69, 9.17) is 24.1 Å². The Morgan fingerprint density at radius 2 is 1.12 bits per heavy atom. The predicted molar refractivity (Wildman–Crippen MR) is 297 cm³/mol. The number of tetrazole rings is 1. The van der Waals surface area contributed by atoms with Crippen LogP contribution < -0.4 is 16.0 Å². The molecular formula is C55H95N7O18S. The highest BCUT2D eigenvalue weighted by Gasteiger charge is 2.26. The van der Waals surface area contributed by atoms with Gasteiger partial charge in [-0.05, 0) is 57.8 Å². The number of rotatable bonds is 58. The fraction of sp³-hybridized carbons (Fsp3) is 0.818. The van der Waals surface area contributed by atoms with Gasteiger partial charge in [-0.25, -0.2) is 13.2 Å². The molecule has 0 saturated heterocycles. The third-order valence-electron chi connectivity index (χ3n) is 13.3. The van der Waals surface area contributed by atoms with Gasteiger partial charge in [-0.3, -0.25) is 38.4 Å². The van der Waals surface area contributed by atoms with Gasteiger partial charge in [0.1, 0.15) is 43.2 Å². The van der Waals surface area contributed by atoms with Crippen molar-refractivity contribution in [1.82, 2.24) is 36.6 Å². The highest BCUT2D eigenvalue weighted by Crippen LogP contribution is 2.17. The summed E-state index contributed by atoms with van der Waals surface area (Å²) in [5, 5.41) is 49.7. The van der Waals surface area contributed by atoms with E-state index in [1.54, 1.807) is 0 Å². The maximum atomic E-state index is 12.5. The number of nitrogens with one attached hydrogen (secondary N) is 4. The van der Waals surface area contributed by atoms with E-state index in [1.165, 1.54) is 51.4 Å². The number of nitrogens with zero attached hydrogens (tertiary/aromatic N) is 3. The van der Waals surface area contributed by atoms with E-state index in [9.17, 15) is 61.8 Å². The molecule has 0 spiro atoms. The molecule has 3 atom stereocenters. The number of carboxylic acids is 2. The van der Waals surface area contributed by atoms with Gasteiger partial charge in [-0.15, -0.1) is 10.2 Å². The lowest BCUT2D eigenvalue weighted by molar-refractivity contribution is -0.145. The number of ketones is 4. The number of ether oxygens (including phenoxy) is 4. The molecule has 0 saturated carbocycles. The average Bonchev–Trinajstić information content (AvgIpc) is 3.95. The third-order valence-corrected chi connectivity index (χ3v) is 15.0. The maximum absolute atomic E-state index is 12.5. The number of Topliss-reactive ketones (excluding diaryl/α,β-unsaturated/α-hetero) is 4. The highest BCUT2D eigenvalue weighted by molar-refractivity contribution is 7.92. The van der Waals surface area contributed by atoms with Crippen LogP contribution in [0.2, 0.25) is 0 Å². The number of aromatic amines is 1. The molecule has 25 nitrogen and oxygen atoms in total. The van der Waals surface area contributed by atoms with Gasteiger partial charge in [-0.2, -0.15) is 5.21 Å². The van der Waals surface area contributed by atoms with Crippen LogP contribution in [0.3, 0.4) is 0 Å². The van der Waals surface area contributed by atoms with Crippen LogP contribution in [-0.2, 0) is 78.4 Å². The first-order valence-corrected chi connectivity index (χ1v) is 31.0. The number of carboxylic acid groups (broad SMARTS) is 2. The number of aliphatic hydroxyl groups excluding tert-OH is 1. The summed E-state index contributed by atoms with van der Waals surface area (Å²) in [6.45, 7) is 2.03. The van der Waals surface area contributed by atoms with Gasteiger partial charge in [0.05, 0.1) is 44.7 Å². The zero-order chi connectivity index (χ0) is 59.8. The minimum atomic E-state index is -3.57. The van der Waals surface area contributed by atoms with Crippen LogP contribution in [0.1, 0.15) is 186 Å². The number of aliphatic carboxylic acids is 2. The summed E-state index contributed by atoms with van der Waals surface area (Å²) in [7, 11) is -3.57. The number of unbranched alkanes of at least 4 members (excludes halogenated alkanes) is 13. The lowest BCUT2D eigenvalue weighted by Crippen LogP contribution is -2.42. The molecule has 0 radical (unpaired) electrons. The van der Waals surface area contributed by atoms with Crippen LogP contribution >= 0.6 is 0 Å². The number of sulfone groups is 1. The SMILES string of the molecule is CC[C@@H](CCCCNC(=O)CC[C@H](NC(=O)CC[C@H](CC(=O)COCCOCCNC(=O)COCCOCCCC(=O)CCCS(=O)(=O)CC(=O)CCCCCCCCCCCCCCCc1nn[nH]n1)C(=O)O)C(=O)O)C(=O)CO. The molecule has 0 aliphatic carbocycles. The van der Waals surface area contributed by atoms with E-state index in [0.29, 0.717) is 45.1 Å². The number of hydrogen-bond donors (Lipinski definition) is 7. The van der Waals surface area contributed by atoms with Crippen molar-refractivity contribution in [2.24, 2.45) is 11.8 Å². The number of H-pyrrole nitrogens is 1. The Morgan fingerprint density at radius 3 is 1.74 bits per heavy atom. The van der Waals surface area contributed by atoms with Crippen molar-refractivity contribution >= 4 is 62.6 Å². The topological polar surface area (TPSA) is 376 Å². The summed E-state index contributed by atoms with van der Waals surface area (Å²) >= 11 is 0. The molecule has 0 aliphatic rings. The Kier molecular flexibility index (Phi) is 44.1. The van der Waals surface area contributed by atoms with Crippen LogP contribution in [-0.4, -0.2) is 187 Å². The van der Waals surface area contributed by atoms with Gasteiger partial charge in [-0.1, -0.05) is 89.2 Å². The lowest BCUT2D eigenvalue weighted by Gasteiger charge is -2.16. The van der Waals surface area contributed by atoms with Crippen LogP contribution in [0.5, 0.6) is 0 Å². The molecule has 1 heterocycles. The van der Waals surface area contributed by atoms with Gasteiger partial charge in [0, 0.05) is 70.6 Å². The Balaban J connectivity index is 2.00. The molecule has 0 bridgehead atoms.